The van der Waals surface area contributed by atoms with Crippen molar-refractivity contribution in [3.05, 3.63) is 34.4 Å². The second kappa shape index (κ2) is 5.29. The zero-order valence-corrected chi connectivity index (χ0v) is 9.57. The summed E-state index contributed by atoms with van der Waals surface area (Å²) >= 11 is 0. The third kappa shape index (κ3) is 3.48. The summed E-state index contributed by atoms with van der Waals surface area (Å²) in [5.74, 6) is 0. The van der Waals surface area contributed by atoms with Crippen LogP contribution >= 0.6 is 0 Å². The van der Waals surface area contributed by atoms with Crippen LogP contribution in [-0.2, 0) is 10.1 Å². The van der Waals surface area contributed by atoms with E-state index in [4.69, 9.17) is 15.4 Å². The number of aliphatic hydroxyl groups is 1. The van der Waals surface area contributed by atoms with E-state index < -0.39 is 10.1 Å². The maximum atomic E-state index is 10.9. The van der Waals surface area contributed by atoms with E-state index in [9.17, 15) is 8.42 Å². The van der Waals surface area contributed by atoms with Crippen LogP contribution in [0.5, 0.6) is 0 Å². The molecule has 16 heavy (non-hydrogen) atoms. The van der Waals surface area contributed by atoms with Crippen LogP contribution in [0.2, 0.25) is 0 Å². The SMILES string of the molecule is NC1=CC=C(S(=O)(=O)O)CC1=CCCCO. The molecule has 6 heteroatoms. The highest BCUT2D eigenvalue weighted by Crippen LogP contribution is 2.25. The van der Waals surface area contributed by atoms with Crippen LogP contribution < -0.4 is 5.73 Å². The lowest BCUT2D eigenvalue weighted by molar-refractivity contribution is 0.289. The first-order valence-corrected chi connectivity index (χ1v) is 6.33. The van der Waals surface area contributed by atoms with Gasteiger partial charge in [0.15, 0.2) is 0 Å². The van der Waals surface area contributed by atoms with E-state index >= 15 is 0 Å². The molecule has 0 aromatic rings. The summed E-state index contributed by atoms with van der Waals surface area (Å²) in [6.45, 7) is 0.0778. The van der Waals surface area contributed by atoms with Gasteiger partial charge in [0.25, 0.3) is 10.1 Å². The molecule has 0 unspecified atom stereocenters. The van der Waals surface area contributed by atoms with E-state index in [1.807, 2.05) is 0 Å². The smallest absolute Gasteiger partial charge is 0.290 e. The van der Waals surface area contributed by atoms with Gasteiger partial charge in [0.1, 0.15) is 0 Å². The minimum Gasteiger partial charge on any atom is -0.399 e. The monoisotopic (exact) mass is 245 g/mol. The van der Waals surface area contributed by atoms with E-state index in [0.29, 0.717) is 24.1 Å². The first-order valence-electron chi connectivity index (χ1n) is 4.89. The molecule has 0 aromatic carbocycles. The summed E-state index contributed by atoms with van der Waals surface area (Å²) in [5, 5.41) is 8.62. The molecule has 0 saturated carbocycles. The summed E-state index contributed by atoms with van der Waals surface area (Å²) in [5.41, 5.74) is 6.84. The van der Waals surface area contributed by atoms with Crippen molar-refractivity contribution >= 4 is 10.1 Å². The van der Waals surface area contributed by atoms with Crippen LogP contribution in [0.1, 0.15) is 19.3 Å². The molecule has 0 aliphatic heterocycles. The second-order valence-electron chi connectivity index (χ2n) is 3.50. The number of aliphatic hydroxyl groups excluding tert-OH is 1. The molecule has 0 atom stereocenters. The number of hydrogen-bond donors (Lipinski definition) is 3. The molecule has 0 amide bonds. The van der Waals surface area contributed by atoms with E-state index in [1.165, 1.54) is 12.2 Å². The molecular weight excluding hydrogens is 230 g/mol. The summed E-state index contributed by atoms with van der Waals surface area (Å²) in [4.78, 5) is -0.0584. The number of rotatable bonds is 4. The standard InChI is InChI=1S/C10H15NO4S/c11-10-5-4-9(16(13,14)15)7-8(10)3-1-2-6-12/h3-5,12H,1-2,6-7,11H2,(H,13,14,15). The fourth-order valence-corrected chi connectivity index (χ4v) is 1.95. The van der Waals surface area contributed by atoms with Crippen molar-refractivity contribution in [3.8, 4) is 0 Å². The molecule has 0 saturated heterocycles. The third-order valence-electron chi connectivity index (χ3n) is 2.27. The Kier molecular flexibility index (Phi) is 4.28. The molecule has 0 aromatic heterocycles. The fraction of sp³-hybridized carbons (Fsp3) is 0.400. The zero-order valence-electron chi connectivity index (χ0n) is 8.76. The van der Waals surface area contributed by atoms with E-state index in [0.717, 1.165) is 0 Å². The van der Waals surface area contributed by atoms with Crippen LogP contribution in [0.25, 0.3) is 0 Å². The predicted octanol–water partition coefficient (Wildman–Crippen LogP) is 0.703. The third-order valence-corrected chi connectivity index (χ3v) is 3.21. The van der Waals surface area contributed by atoms with Crippen LogP contribution in [0.3, 0.4) is 0 Å². The Morgan fingerprint density at radius 3 is 2.69 bits per heavy atom. The van der Waals surface area contributed by atoms with Crippen LogP contribution in [-0.4, -0.2) is 24.7 Å². The van der Waals surface area contributed by atoms with Crippen molar-refractivity contribution in [1.29, 1.82) is 0 Å². The van der Waals surface area contributed by atoms with Crippen molar-refractivity contribution in [1.82, 2.24) is 0 Å². The maximum Gasteiger partial charge on any atom is 0.290 e. The van der Waals surface area contributed by atoms with Gasteiger partial charge in [-0.3, -0.25) is 4.55 Å². The lowest BCUT2D eigenvalue weighted by Gasteiger charge is -2.13. The average Bonchev–Trinajstić information content (AvgIpc) is 2.19. The van der Waals surface area contributed by atoms with Gasteiger partial charge >= 0.3 is 0 Å². The van der Waals surface area contributed by atoms with Gasteiger partial charge in [0.05, 0.1) is 4.91 Å². The molecule has 1 aliphatic rings. The van der Waals surface area contributed by atoms with E-state index in [-0.39, 0.29) is 17.9 Å². The van der Waals surface area contributed by atoms with Gasteiger partial charge in [-0.25, -0.2) is 0 Å². The number of unbranched alkanes of at least 4 members (excludes halogenated alkanes) is 1. The molecule has 1 aliphatic carbocycles. The number of allylic oxidation sites excluding steroid dienone is 5. The van der Waals surface area contributed by atoms with Crippen molar-refractivity contribution in [2.24, 2.45) is 5.73 Å². The first-order chi connectivity index (χ1) is 7.45. The summed E-state index contributed by atoms with van der Waals surface area (Å²) in [6, 6.07) is 0. The Bertz CT molecular complexity index is 445. The lowest BCUT2D eigenvalue weighted by atomic mass is 10.0. The van der Waals surface area contributed by atoms with E-state index in [2.05, 4.69) is 0 Å². The molecule has 0 bridgehead atoms. The highest BCUT2D eigenvalue weighted by Gasteiger charge is 2.18. The van der Waals surface area contributed by atoms with Crippen molar-refractivity contribution in [2.75, 3.05) is 6.61 Å². The second-order valence-corrected chi connectivity index (χ2v) is 4.98. The Hall–Kier alpha value is -1.11. The van der Waals surface area contributed by atoms with Gasteiger partial charge < -0.3 is 10.8 Å². The molecule has 1 rings (SSSR count). The molecular formula is C10H15NO4S. The normalized spacial score (nSPS) is 19.5. The maximum absolute atomic E-state index is 10.9. The Morgan fingerprint density at radius 2 is 2.12 bits per heavy atom. The largest absolute Gasteiger partial charge is 0.399 e. The predicted molar refractivity (Wildman–Crippen MR) is 60.9 cm³/mol. The fourth-order valence-electron chi connectivity index (χ4n) is 1.37. The van der Waals surface area contributed by atoms with Crippen LogP contribution in [0.15, 0.2) is 34.4 Å². The zero-order chi connectivity index (χ0) is 12.2. The van der Waals surface area contributed by atoms with Gasteiger partial charge in [-0.15, -0.1) is 0 Å². The topological polar surface area (TPSA) is 101 Å². The molecule has 4 N–H and O–H groups in total. The van der Waals surface area contributed by atoms with Crippen molar-refractivity contribution in [3.63, 3.8) is 0 Å². The molecule has 0 fully saturated rings. The van der Waals surface area contributed by atoms with Gasteiger partial charge in [-0.2, -0.15) is 8.42 Å². The Morgan fingerprint density at radius 1 is 1.44 bits per heavy atom. The minimum atomic E-state index is -4.14. The van der Waals surface area contributed by atoms with Crippen LogP contribution in [0.4, 0.5) is 0 Å². The summed E-state index contributed by atoms with van der Waals surface area (Å²) < 4.78 is 30.7. The molecule has 5 nitrogen and oxygen atoms in total. The van der Waals surface area contributed by atoms with Crippen LogP contribution in [0, 0.1) is 0 Å². The highest BCUT2D eigenvalue weighted by molar-refractivity contribution is 7.89. The Balaban J connectivity index is 2.84. The molecule has 0 heterocycles. The number of nitrogens with two attached hydrogens (primary N) is 1. The Labute approximate surface area is 94.7 Å². The van der Waals surface area contributed by atoms with Gasteiger partial charge in [-0.1, -0.05) is 6.08 Å². The van der Waals surface area contributed by atoms with E-state index in [1.54, 1.807) is 6.08 Å². The van der Waals surface area contributed by atoms with Crippen molar-refractivity contribution < 1.29 is 18.1 Å². The van der Waals surface area contributed by atoms with Crippen molar-refractivity contribution in [2.45, 2.75) is 19.3 Å². The minimum absolute atomic E-state index is 0.0584. The van der Waals surface area contributed by atoms with Gasteiger partial charge in [-0.05, 0) is 30.6 Å². The summed E-state index contributed by atoms with van der Waals surface area (Å²) in [7, 11) is -4.14. The summed E-state index contributed by atoms with van der Waals surface area (Å²) in [6.07, 6.45) is 5.86. The number of hydrogen-bond acceptors (Lipinski definition) is 4. The van der Waals surface area contributed by atoms with Gasteiger partial charge in [0, 0.05) is 18.7 Å². The average molecular weight is 245 g/mol. The van der Waals surface area contributed by atoms with Gasteiger partial charge in [0.2, 0.25) is 0 Å². The first kappa shape index (κ1) is 13.0. The lowest BCUT2D eigenvalue weighted by Crippen LogP contribution is -2.11. The molecule has 90 valence electrons. The molecule has 0 spiro atoms. The highest BCUT2D eigenvalue weighted by atomic mass is 32.2. The quantitative estimate of drug-likeness (QED) is 0.500. The molecule has 0 radical (unpaired) electrons.